The minimum absolute atomic E-state index is 0.172. The molecule has 4 heteroatoms. The van der Waals surface area contributed by atoms with Gasteiger partial charge < -0.3 is 10.0 Å². The number of nitrogens with zero attached hydrogens (tertiary/aromatic N) is 1. The van der Waals surface area contributed by atoms with Crippen molar-refractivity contribution in [1.29, 1.82) is 0 Å². The summed E-state index contributed by atoms with van der Waals surface area (Å²) in [7, 11) is 0. The predicted octanol–water partition coefficient (Wildman–Crippen LogP) is 3.29. The van der Waals surface area contributed by atoms with Crippen molar-refractivity contribution in [2.75, 3.05) is 11.4 Å². The molecule has 2 fully saturated rings. The van der Waals surface area contributed by atoms with Crippen LogP contribution in [0.1, 0.15) is 42.5 Å². The number of aromatic carboxylic acids is 1. The molecule has 2 aliphatic rings. The van der Waals surface area contributed by atoms with Gasteiger partial charge >= 0.3 is 5.97 Å². The van der Waals surface area contributed by atoms with Crippen molar-refractivity contribution in [2.45, 2.75) is 38.1 Å². The third kappa shape index (κ3) is 2.09. The van der Waals surface area contributed by atoms with Crippen LogP contribution in [0.4, 0.5) is 10.1 Å². The average molecular weight is 263 g/mol. The van der Waals surface area contributed by atoms with E-state index in [0.717, 1.165) is 19.4 Å². The van der Waals surface area contributed by atoms with Gasteiger partial charge in [-0.15, -0.1) is 0 Å². The lowest BCUT2D eigenvalue weighted by Crippen LogP contribution is -2.35. The lowest BCUT2D eigenvalue weighted by atomic mass is 9.85. The number of hydrogen-bond donors (Lipinski definition) is 1. The Morgan fingerprint density at radius 3 is 2.84 bits per heavy atom. The van der Waals surface area contributed by atoms with Crippen molar-refractivity contribution in [3.63, 3.8) is 0 Å². The Morgan fingerprint density at radius 2 is 2.05 bits per heavy atom. The number of anilines is 1. The molecule has 1 saturated heterocycles. The van der Waals surface area contributed by atoms with Crippen LogP contribution in [-0.4, -0.2) is 23.7 Å². The SMILES string of the molecule is O=C(O)c1c(F)cccc1N1CCC2CCCCC21. The molecule has 0 bridgehead atoms. The fourth-order valence-corrected chi connectivity index (χ4v) is 3.67. The molecule has 1 aromatic carbocycles. The highest BCUT2D eigenvalue weighted by atomic mass is 19.1. The molecule has 1 heterocycles. The monoisotopic (exact) mass is 263 g/mol. The number of rotatable bonds is 2. The van der Waals surface area contributed by atoms with Crippen LogP contribution in [0.3, 0.4) is 0 Å². The summed E-state index contributed by atoms with van der Waals surface area (Å²) < 4.78 is 13.8. The Bertz CT molecular complexity index is 503. The van der Waals surface area contributed by atoms with E-state index >= 15 is 0 Å². The van der Waals surface area contributed by atoms with Crippen LogP contribution in [0.15, 0.2) is 18.2 Å². The zero-order valence-electron chi connectivity index (χ0n) is 10.8. The highest BCUT2D eigenvalue weighted by Gasteiger charge is 2.37. The van der Waals surface area contributed by atoms with Crippen LogP contribution in [0.25, 0.3) is 0 Å². The van der Waals surface area contributed by atoms with E-state index in [2.05, 4.69) is 4.90 Å². The fraction of sp³-hybridized carbons (Fsp3) is 0.533. The summed E-state index contributed by atoms with van der Waals surface area (Å²) in [6.07, 6.45) is 5.87. The third-order valence-electron chi connectivity index (χ3n) is 4.52. The summed E-state index contributed by atoms with van der Waals surface area (Å²) >= 11 is 0. The Labute approximate surface area is 112 Å². The zero-order chi connectivity index (χ0) is 13.4. The van der Waals surface area contributed by atoms with E-state index in [0.29, 0.717) is 17.6 Å². The molecule has 1 N–H and O–H groups in total. The summed E-state index contributed by atoms with van der Waals surface area (Å²) in [6.45, 7) is 0.846. The molecule has 2 atom stereocenters. The highest BCUT2D eigenvalue weighted by Crippen LogP contribution is 2.40. The number of hydrogen-bond acceptors (Lipinski definition) is 2. The average Bonchev–Trinajstić information content (AvgIpc) is 2.81. The lowest BCUT2D eigenvalue weighted by Gasteiger charge is -2.33. The standard InChI is InChI=1S/C15H18FNO2/c16-11-5-3-7-13(14(11)15(18)19)17-9-8-10-4-1-2-6-12(10)17/h3,5,7,10,12H,1-2,4,6,8-9H2,(H,18,19). The number of carbonyl (C=O) groups is 1. The van der Waals surface area contributed by atoms with E-state index in [4.69, 9.17) is 0 Å². The quantitative estimate of drug-likeness (QED) is 0.890. The number of carboxylic acids is 1. The summed E-state index contributed by atoms with van der Waals surface area (Å²) in [5.74, 6) is -1.16. The number of benzene rings is 1. The first-order chi connectivity index (χ1) is 9.18. The van der Waals surface area contributed by atoms with Crippen molar-refractivity contribution in [2.24, 2.45) is 5.92 Å². The Morgan fingerprint density at radius 1 is 1.26 bits per heavy atom. The van der Waals surface area contributed by atoms with E-state index < -0.39 is 11.8 Å². The Kier molecular flexibility index (Phi) is 3.17. The maximum atomic E-state index is 13.8. The van der Waals surface area contributed by atoms with E-state index in [-0.39, 0.29) is 5.56 Å². The Balaban J connectivity index is 1.98. The lowest BCUT2D eigenvalue weighted by molar-refractivity contribution is 0.0692. The minimum Gasteiger partial charge on any atom is -0.478 e. The molecule has 1 aliphatic heterocycles. The van der Waals surface area contributed by atoms with Gasteiger partial charge in [-0.1, -0.05) is 18.9 Å². The van der Waals surface area contributed by atoms with E-state index in [1.165, 1.54) is 25.3 Å². The zero-order valence-corrected chi connectivity index (χ0v) is 10.8. The second-order valence-electron chi connectivity index (χ2n) is 5.53. The summed E-state index contributed by atoms with van der Waals surface area (Å²) in [6, 6.07) is 4.96. The molecule has 3 rings (SSSR count). The highest BCUT2D eigenvalue weighted by molar-refractivity contribution is 5.95. The molecule has 0 aromatic heterocycles. The molecule has 2 unspecified atom stereocenters. The van der Waals surface area contributed by atoms with Gasteiger partial charge in [-0.2, -0.15) is 0 Å². The minimum atomic E-state index is -1.17. The van der Waals surface area contributed by atoms with Crippen molar-refractivity contribution < 1.29 is 14.3 Å². The molecule has 1 aromatic rings. The van der Waals surface area contributed by atoms with Gasteiger partial charge in [0, 0.05) is 12.6 Å². The molecule has 0 radical (unpaired) electrons. The van der Waals surface area contributed by atoms with Crippen molar-refractivity contribution in [3.05, 3.63) is 29.6 Å². The molecule has 19 heavy (non-hydrogen) atoms. The Hall–Kier alpha value is -1.58. The largest absolute Gasteiger partial charge is 0.478 e. The molecule has 3 nitrogen and oxygen atoms in total. The molecular formula is C15H18FNO2. The first kappa shape index (κ1) is 12.5. The van der Waals surface area contributed by atoms with Gasteiger partial charge in [-0.25, -0.2) is 9.18 Å². The number of fused-ring (bicyclic) bond motifs is 1. The normalized spacial score (nSPS) is 26.3. The van der Waals surface area contributed by atoms with Crippen LogP contribution in [0.5, 0.6) is 0 Å². The summed E-state index contributed by atoms with van der Waals surface area (Å²) in [4.78, 5) is 13.4. The summed E-state index contributed by atoms with van der Waals surface area (Å²) in [5, 5.41) is 9.24. The second kappa shape index (κ2) is 4.83. The second-order valence-corrected chi connectivity index (χ2v) is 5.53. The van der Waals surface area contributed by atoms with Gasteiger partial charge in [0.2, 0.25) is 0 Å². The van der Waals surface area contributed by atoms with Crippen LogP contribution >= 0.6 is 0 Å². The predicted molar refractivity (Wildman–Crippen MR) is 71.1 cm³/mol. The van der Waals surface area contributed by atoms with Crippen molar-refractivity contribution >= 4 is 11.7 Å². The molecule has 1 saturated carbocycles. The molecule has 102 valence electrons. The smallest absolute Gasteiger partial charge is 0.340 e. The van der Waals surface area contributed by atoms with Crippen LogP contribution in [-0.2, 0) is 0 Å². The molecule has 0 spiro atoms. The maximum absolute atomic E-state index is 13.8. The van der Waals surface area contributed by atoms with Crippen LogP contribution < -0.4 is 4.90 Å². The van der Waals surface area contributed by atoms with E-state index in [1.54, 1.807) is 12.1 Å². The molecule has 0 amide bonds. The number of carboxylic acid groups (broad SMARTS) is 1. The first-order valence-corrected chi connectivity index (χ1v) is 6.97. The maximum Gasteiger partial charge on any atom is 0.340 e. The van der Waals surface area contributed by atoms with E-state index in [9.17, 15) is 14.3 Å². The summed E-state index contributed by atoms with van der Waals surface area (Å²) in [5.41, 5.74) is 0.385. The van der Waals surface area contributed by atoms with Gasteiger partial charge in [-0.05, 0) is 37.3 Å². The fourth-order valence-electron chi connectivity index (χ4n) is 3.67. The van der Waals surface area contributed by atoms with Crippen LogP contribution in [0, 0.1) is 11.7 Å². The van der Waals surface area contributed by atoms with Gasteiger partial charge in [0.25, 0.3) is 0 Å². The molecule has 1 aliphatic carbocycles. The topological polar surface area (TPSA) is 40.5 Å². The third-order valence-corrected chi connectivity index (χ3v) is 4.52. The number of halogens is 1. The van der Waals surface area contributed by atoms with Gasteiger partial charge in [0.1, 0.15) is 11.4 Å². The van der Waals surface area contributed by atoms with Gasteiger partial charge in [0.05, 0.1) is 5.69 Å². The van der Waals surface area contributed by atoms with Gasteiger partial charge in [-0.3, -0.25) is 0 Å². The van der Waals surface area contributed by atoms with E-state index in [1.807, 2.05) is 0 Å². The van der Waals surface area contributed by atoms with Crippen molar-refractivity contribution in [3.8, 4) is 0 Å². The molecular weight excluding hydrogens is 245 g/mol. The first-order valence-electron chi connectivity index (χ1n) is 6.97. The van der Waals surface area contributed by atoms with Crippen molar-refractivity contribution in [1.82, 2.24) is 0 Å². The van der Waals surface area contributed by atoms with Crippen LogP contribution in [0.2, 0.25) is 0 Å². The van der Waals surface area contributed by atoms with Gasteiger partial charge in [0.15, 0.2) is 0 Å².